The number of fused-ring (bicyclic) bond motifs is 1. The molecule has 0 saturated heterocycles. The smallest absolute Gasteiger partial charge is 0.124 e. The Kier molecular flexibility index (Phi) is 2.19. The van der Waals surface area contributed by atoms with Crippen molar-refractivity contribution in [3.05, 3.63) is 23.8 Å². The molecule has 0 aliphatic rings. The number of benzene rings is 1. The molecule has 0 aliphatic carbocycles. The molecule has 13 heavy (non-hydrogen) atoms. The van der Waals surface area contributed by atoms with Crippen molar-refractivity contribution in [2.24, 2.45) is 0 Å². The lowest BCUT2D eigenvalue weighted by molar-refractivity contribution is 0.283. The van der Waals surface area contributed by atoms with Gasteiger partial charge in [-0.25, -0.2) is 0 Å². The number of aromatic hydroxyl groups is 1. The summed E-state index contributed by atoms with van der Waals surface area (Å²) in [6.07, 6.45) is 0. The lowest BCUT2D eigenvalue weighted by atomic mass is 10.1. The fraction of sp³-hybridized carbons (Fsp3) is 0.111. The largest absolute Gasteiger partial charge is 0.507 e. The molecule has 0 saturated carbocycles. The summed E-state index contributed by atoms with van der Waals surface area (Å²) in [5.41, 5.74) is 0.832. The van der Waals surface area contributed by atoms with Crippen LogP contribution < -0.4 is 0 Å². The molecule has 0 aliphatic heterocycles. The van der Waals surface area contributed by atoms with E-state index in [1.54, 1.807) is 18.2 Å². The molecule has 2 rings (SSSR count). The average molecular weight is 212 g/mol. The molecule has 4 heteroatoms. The summed E-state index contributed by atoms with van der Waals surface area (Å²) >= 11 is 5.66. The third-order valence-electron chi connectivity index (χ3n) is 1.90. The molecule has 2 nitrogen and oxygen atoms in total. The molecule has 2 N–H and O–H groups in total. The quantitative estimate of drug-likeness (QED) is 0.635. The SMILES string of the molecule is OCc1ccc(O)c2cc(S)sc12. The number of aliphatic hydroxyl groups excluding tert-OH is 1. The first kappa shape index (κ1) is 8.87. The molecule has 1 aromatic heterocycles. The Bertz CT molecular complexity index is 448. The molecule has 0 bridgehead atoms. The van der Waals surface area contributed by atoms with Gasteiger partial charge in [0.1, 0.15) is 5.75 Å². The van der Waals surface area contributed by atoms with Crippen molar-refractivity contribution in [3.63, 3.8) is 0 Å². The third kappa shape index (κ3) is 1.41. The number of aliphatic hydroxyl groups is 1. The Labute approximate surface area is 84.9 Å². The summed E-state index contributed by atoms with van der Waals surface area (Å²) in [5, 5.41) is 19.3. The molecule has 0 fully saturated rings. The van der Waals surface area contributed by atoms with Crippen LogP contribution in [0.4, 0.5) is 0 Å². The molecular formula is C9H8O2S2. The molecule has 0 unspecified atom stereocenters. The standard InChI is InChI=1S/C9H8O2S2/c10-4-5-1-2-7(11)6-3-8(12)13-9(5)6/h1-3,10-12H,4H2. The highest BCUT2D eigenvalue weighted by atomic mass is 32.2. The second kappa shape index (κ2) is 3.21. The van der Waals surface area contributed by atoms with Gasteiger partial charge < -0.3 is 10.2 Å². The van der Waals surface area contributed by atoms with Gasteiger partial charge in [-0.1, -0.05) is 6.07 Å². The molecular weight excluding hydrogens is 204 g/mol. The summed E-state index contributed by atoms with van der Waals surface area (Å²) in [6, 6.07) is 5.12. The molecule has 68 valence electrons. The summed E-state index contributed by atoms with van der Waals surface area (Å²) in [5.74, 6) is 0.240. The van der Waals surface area contributed by atoms with E-state index in [1.807, 2.05) is 0 Å². The highest BCUT2D eigenvalue weighted by Gasteiger charge is 2.07. The minimum atomic E-state index is -0.00941. The fourth-order valence-electron chi connectivity index (χ4n) is 1.28. The zero-order chi connectivity index (χ0) is 9.42. The van der Waals surface area contributed by atoms with Gasteiger partial charge in [0, 0.05) is 10.1 Å². The van der Waals surface area contributed by atoms with Gasteiger partial charge in [0.2, 0.25) is 0 Å². The monoisotopic (exact) mass is 212 g/mol. The first-order chi connectivity index (χ1) is 6.22. The lowest BCUT2D eigenvalue weighted by Gasteiger charge is -1.99. The molecule has 0 radical (unpaired) electrons. The summed E-state index contributed by atoms with van der Waals surface area (Å²) in [6.45, 7) is -0.00941. The number of phenols is 1. The predicted molar refractivity (Wildman–Crippen MR) is 56.7 cm³/mol. The highest BCUT2D eigenvalue weighted by Crippen LogP contribution is 2.36. The van der Waals surface area contributed by atoms with E-state index in [0.29, 0.717) is 0 Å². The second-order valence-corrected chi connectivity index (χ2v) is 4.57. The van der Waals surface area contributed by atoms with Crippen LogP contribution >= 0.6 is 24.0 Å². The number of phenolic OH excluding ortho intramolecular Hbond substituents is 1. The van der Waals surface area contributed by atoms with Crippen molar-refractivity contribution in [1.82, 2.24) is 0 Å². The topological polar surface area (TPSA) is 40.5 Å². The molecule has 1 heterocycles. The maximum atomic E-state index is 9.50. The zero-order valence-corrected chi connectivity index (χ0v) is 8.40. The van der Waals surface area contributed by atoms with Crippen LogP contribution in [0.5, 0.6) is 5.75 Å². The van der Waals surface area contributed by atoms with E-state index in [4.69, 9.17) is 5.11 Å². The van der Waals surface area contributed by atoms with Crippen LogP contribution in [-0.2, 0) is 6.61 Å². The van der Waals surface area contributed by atoms with Gasteiger partial charge in [-0.05, 0) is 17.7 Å². The maximum absolute atomic E-state index is 9.50. The van der Waals surface area contributed by atoms with Gasteiger partial charge in [-0.2, -0.15) is 0 Å². The number of rotatable bonds is 1. The van der Waals surface area contributed by atoms with Crippen LogP contribution in [0, 0.1) is 0 Å². The van der Waals surface area contributed by atoms with Crippen LogP contribution in [0.1, 0.15) is 5.56 Å². The van der Waals surface area contributed by atoms with Crippen LogP contribution in [0.2, 0.25) is 0 Å². The van der Waals surface area contributed by atoms with E-state index in [2.05, 4.69) is 12.6 Å². The van der Waals surface area contributed by atoms with Crippen LogP contribution in [0.25, 0.3) is 10.1 Å². The van der Waals surface area contributed by atoms with Gasteiger partial charge in [0.15, 0.2) is 0 Å². The van der Waals surface area contributed by atoms with Gasteiger partial charge >= 0.3 is 0 Å². The zero-order valence-electron chi connectivity index (χ0n) is 6.69. The molecule has 0 spiro atoms. The second-order valence-electron chi connectivity index (χ2n) is 2.73. The minimum Gasteiger partial charge on any atom is -0.507 e. The molecule has 2 aromatic rings. The fourth-order valence-corrected chi connectivity index (χ4v) is 2.60. The van der Waals surface area contributed by atoms with E-state index in [0.717, 1.165) is 19.9 Å². The predicted octanol–water partition coefficient (Wildman–Crippen LogP) is 2.39. The summed E-state index contributed by atoms with van der Waals surface area (Å²) in [4.78, 5) is 0. The Hall–Kier alpha value is -0.710. The molecule has 1 aromatic carbocycles. The van der Waals surface area contributed by atoms with Crippen molar-refractivity contribution in [1.29, 1.82) is 0 Å². The van der Waals surface area contributed by atoms with E-state index < -0.39 is 0 Å². The van der Waals surface area contributed by atoms with E-state index in [9.17, 15) is 5.11 Å². The summed E-state index contributed by atoms with van der Waals surface area (Å²) in [7, 11) is 0. The van der Waals surface area contributed by atoms with Gasteiger partial charge in [-0.15, -0.1) is 24.0 Å². The number of hydrogen-bond donors (Lipinski definition) is 3. The maximum Gasteiger partial charge on any atom is 0.124 e. The van der Waals surface area contributed by atoms with Crippen molar-refractivity contribution in [3.8, 4) is 5.75 Å². The van der Waals surface area contributed by atoms with Crippen molar-refractivity contribution in [2.45, 2.75) is 10.8 Å². The summed E-state index contributed by atoms with van der Waals surface area (Å²) < 4.78 is 1.75. The van der Waals surface area contributed by atoms with Gasteiger partial charge in [0.25, 0.3) is 0 Å². The molecule has 0 atom stereocenters. The molecule has 0 amide bonds. The third-order valence-corrected chi connectivity index (χ3v) is 3.32. The van der Waals surface area contributed by atoms with Crippen molar-refractivity contribution < 1.29 is 10.2 Å². The van der Waals surface area contributed by atoms with Crippen LogP contribution in [-0.4, -0.2) is 10.2 Å². The lowest BCUT2D eigenvalue weighted by Crippen LogP contribution is -1.81. The Balaban J connectivity index is 2.83. The first-order valence-electron chi connectivity index (χ1n) is 3.76. The minimum absolute atomic E-state index is 0.00941. The number of thiol groups is 1. The highest BCUT2D eigenvalue weighted by molar-refractivity contribution is 7.83. The number of thiophene rings is 1. The Morgan fingerprint density at radius 2 is 2.15 bits per heavy atom. The Morgan fingerprint density at radius 1 is 1.38 bits per heavy atom. The normalized spacial score (nSPS) is 10.9. The first-order valence-corrected chi connectivity index (χ1v) is 5.03. The van der Waals surface area contributed by atoms with E-state index in [1.165, 1.54) is 11.3 Å². The Morgan fingerprint density at radius 3 is 2.85 bits per heavy atom. The van der Waals surface area contributed by atoms with E-state index >= 15 is 0 Å². The number of hydrogen-bond acceptors (Lipinski definition) is 4. The van der Waals surface area contributed by atoms with Crippen LogP contribution in [0.3, 0.4) is 0 Å². The van der Waals surface area contributed by atoms with Crippen molar-refractivity contribution >= 4 is 34.1 Å². The van der Waals surface area contributed by atoms with E-state index in [-0.39, 0.29) is 12.4 Å². The van der Waals surface area contributed by atoms with Crippen LogP contribution in [0.15, 0.2) is 22.4 Å². The van der Waals surface area contributed by atoms with Gasteiger partial charge in [0.05, 0.1) is 10.8 Å². The van der Waals surface area contributed by atoms with Gasteiger partial charge in [-0.3, -0.25) is 0 Å². The van der Waals surface area contributed by atoms with Crippen molar-refractivity contribution in [2.75, 3.05) is 0 Å². The average Bonchev–Trinajstić information content (AvgIpc) is 2.48.